The molecule has 0 atom stereocenters. The Balaban J connectivity index is 3.61. The first kappa shape index (κ1) is 11.5. The molecule has 0 N–H and O–H groups in total. The van der Waals surface area contributed by atoms with Gasteiger partial charge in [-0.25, -0.2) is 0 Å². The van der Waals surface area contributed by atoms with E-state index in [-0.39, 0.29) is 0 Å². The maximum atomic E-state index is 5.69. The highest BCUT2D eigenvalue weighted by Gasteiger charge is 2.15. The van der Waals surface area contributed by atoms with E-state index in [1.54, 1.807) is 0 Å². The predicted octanol–water partition coefficient (Wildman–Crippen LogP) is 3.71. The second-order valence-electron chi connectivity index (χ2n) is 3.86. The second kappa shape index (κ2) is 5.20. The average molecular weight is 184 g/mol. The van der Waals surface area contributed by atoms with Crippen LogP contribution in [0.4, 0.5) is 0 Å². The normalized spacial score (nSPS) is 12.0. The van der Waals surface area contributed by atoms with Crippen molar-refractivity contribution in [2.24, 2.45) is 0 Å². The van der Waals surface area contributed by atoms with Crippen LogP contribution >= 0.6 is 0 Å². The standard InChI is InChI=1S/C10H20OSi/c1-6-7-8-9-10(2)11-12(3,4)5/h6-7H,2,8-9H2,1,3-5H3. The van der Waals surface area contributed by atoms with Gasteiger partial charge in [-0.15, -0.1) is 0 Å². The molecule has 0 fully saturated rings. The predicted molar refractivity (Wildman–Crippen MR) is 57.6 cm³/mol. The highest BCUT2D eigenvalue weighted by molar-refractivity contribution is 6.70. The molecule has 0 aliphatic heterocycles. The summed E-state index contributed by atoms with van der Waals surface area (Å²) >= 11 is 0. The van der Waals surface area contributed by atoms with Crippen LogP contribution in [0.5, 0.6) is 0 Å². The minimum atomic E-state index is -1.40. The van der Waals surface area contributed by atoms with Gasteiger partial charge >= 0.3 is 0 Å². The lowest BCUT2D eigenvalue weighted by molar-refractivity contribution is 0.403. The van der Waals surface area contributed by atoms with Crippen molar-refractivity contribution < 1.29 is 4.43 Å². The summed E-state index contributed by atoms with van der Waals surface area (Å²) in [4.78, 5) is 0. The lowest BCUT2D eigenvalue weighted by Crippen LogP contribution is -2.24. The number of hydrogen-bond donors (Lipinski definition) is 0. The minimum Gasteiger partial charge on any atom is -0.548 e. The van der Waals surface area contributed by atoms with Crippen LogP contribution in [-0.2, 0) is 4.43 Å². The molecule has 0 heterocycles. The summed E-state index contributed by atoms with van der Waals surface area (Å²) in [6.45, 7) is 12.4. The SMILES string of the molecule is C=C(CCC=CC)O[Si](C)(C)C. The van der Waals surface area contributed by atoms with E-state index in [1.807, 2.05) is 6.92 Å². The Morgan fingerprint density at radius 3 is 2.42 bits per heavy atom. The van der Waals surface area contributed by atoms with Gasteiger partial charge in [0.2, 0.25) is 8.32 Å². The lowest BCUT2D eigenvalue weighted by Gasteiger charge is -2.20. The number of hydrogen-bond acceptors (Lipinski definition) is 1. The maximum Gasteiger partial charge on any atom is 0.241 e. The molecule has 0 unspecified atom stereocenters. The highest BCUT2D eigenvalue weighted by Crippen LogP contribution is 2.13. The summed E-state index contributed by atoms with van der Waals surface area (Å²) in [6.07, 6.45) is 6.19. The van der Waals surface area contributed by atoms with Crippen molar-refractivity contribution >= 4 is 8.32 Å². The fraction of sp³-hybridized carbons (Fsp3) is 0.600. The van der Waals surface area contributed by atoms with Crippen molar-refractivity contribution in [3.8, 4) is 0 Å². The third kappa shape index (κ3) is 7.60. The second-order valence-corrected chi connectivity index (χ2v) is 8.29. The summed E-state index contributed by atoms with van der Waals surface area (Å²) in [5, 5.41) is 0. The Morgan fingerprint density at radius 1 is 1.42 bits per heavy atom. The molecule has 70 valence electrons. The molecule has 0 aromatic carbocycles. The topological polar surface area (TPSA) is 9.23 Å². The molecule has 0 saturated heterocycles. The van der Waals surface area contributed by atoms with E-state index >= 15 is 0 Å². The summed E-state index contributed by atoms with van der Waals surface area (Å²) in [7, 11) is -1.40. The molecule has 0 aliphatic rings. The molecule has 2 heteroatoms. The average Bonchev–Trinajstić information content (AvgIpc) is 1.84. The minimum absolute atomic E-state index is 0.937. The van der Waals surface area contributed by atoms with Gasteiger partial charge in [0.1, 0.15) is 0 Å². The summed E-state index contributed by atoms with van der Waals surface area (Å²) < 4.78 is 5.69. The number of rotatable bonds is 5. The summed E-state index contributed by atoms with van der Waals surface area (Å²) in [5.74, 6) is 0.937. The van der Waals surface area contributed by atoms with Crippen molar-refractivity contribution in [2.75, 3.05) is 0 Å². The molecule has 0 aromatic rings. The van der Waals surface area contributed by atoms with Gasteiger partial charge < -0.3 is 4.43 Å². The first-order valence-corrected chi connectivity index (χ1v) is 7.84. The first-order chi connectivity index (χ1) is 5.45. The van der Waals surface area contributed by atoms with Gasteiger partial charge in [0.15, 0.2) is 0 Å². The van der Waals surface area contributed by atoms with E-state index in [1.165, 1.54) is 0 Å². The molecule has 1 nitrogen and oxygen atoms in total. The van der Waals surface area contributed by atoms with Crippen LogP contribution in [0.1, 0.15) is 19.8 Å². The van der Waals surface area contributed by atoms with Crippen molar-refractivity contribution in [3.63, 3.8) is 0 Å². The summed E-state index contributed by atoms with van der Waals surface area (Å²) in [6, 6.07) is 0. The molecule has 0 bridgehead atoms. The molecule has 0 rings (SSSR count). The van der Waals surface area contributed by atoms with Gasteiger partial charge in [0, 0.05) is 6.42 Å². The molecule has 12 heavy (non-hydrogen) atoms. The number of allylic oxidation sites excluding steroid dienone is 3. The van der Waals surface area contributed by atoms with Crippen molar-refractivity contribution in [1.82, 2.24) is 0 Å². The van der Waals surface area contributed by atoms with Crippen LogP contribution in [0.2, 0.25) is 19.6 Å². The Morgan fingerprint density at radius 2 is 2.00 bits per heavy atom. The third-order valence-corrected chi connectivity index (χ3v) is 2.18. The van der Waals surface area contributed by atoms with Crippen LogP contribution in [0.3, 0.4) is 0 Å². The summed E-state index contributed by atoms with van der Waals surface area (Å²) in [5.41, 5.74) is 0. The maximum absolute atomic E-state index is 5.69. The Labute approximate surface area is 77.3 Å². The quantitative estimate of drug-likeness (QED) is 0.359. The van der Waals surface area contributed by atoms with Gasteiger partial charge in [0.25, 0.3) is 0 Å². The van der Waals surface area contributed by atoms with E-state index < -0.39 is 8.32 Å². The molecule has 0 aromatic heterocycles. The van der Waals surface area contributed by atoms with Gasteiger partial charge in [-0.3, -0.25) is 0 Å². The molecule has 0 aliphatic carbocycles. The largest absolute Gasteiger partial charge is 0.548 e. The Kier molecular flexibility index (Phi) is 4.98. The van der Waals surface area contributed by atoms with E-state index in [9.17, 15) is 0 Å². The van der Waals surface area contributed by atoms with Gasteiger partial charge in [0.05, 0.1) is 5.76 Å². The van der Waals surface area contributed by atoms with E-state index in [0.29, 0.717) is 0 Å². The fourth-order valence-corrected chi connectivity index (χ4v) is 1.86. The van der Waals surface area contributed by atoms with Crippen LogP contribution in [0, 0.1) is 0 Å². The molecular weight excluding hydrogens is 164 g/mol. The first-order valence-electron chi connectivity index (χ1n) is 4.43. The Hall–Kier alpha value is -0.503. The smallest absolute Gasteiger partial charge is 0.241 e. The monoisotopic (exact) mass is 184 g/mol. The van der Waals surface area contributed by atoms with Crippen LogP contribution in [-0.4, -0.2) is 8.32 Å². The van der Waals surface area contributed by atoms with E-state index in [0.717, 1.165) is 18.6 Å². The van der Waals surface area contributed by atoms with Crippen molar-refractivity contribution in [1.29, 1.82) is 0 Å². The van der Waals surface area contributed by atoms with E-state index in [4.69, 9.17) is 4.43 Å². The molecule has 0 amide bonds. The Bertz CT molecular complexity index is 165. The van der Waals surface area contributed by atoms with Gasteiger partial charge in [-0.2, -0.15) is 0 Å². The molecule has 0 spiro atoms. The van der Waals surface area contributed by atoms with Crippen LogP contribution in [0.25, 0.3) is 0 Å². The van der Waals surface area contributed by atoms with Crippen molar-refractivity contribution in [3.05, 3.63) is 24.5 Å². The van der Waals surface area contributed by atoms with Crippen molar-refractivity contribution in [2.45, 2.75) is 39.4 Å². The lowest BCUT2D eigenvalue weighted by atomic mass is 10.3. The fourth-order valence-electron chi connectivity index (χ4n) is 0.895. The van der Waals surface area contributed by atoms with Gasteiger partial charge in [-0.05, 0) is 33.0 Å². The zero-order valence-electron chi connectivity index (χ0n) is 8.68. The third-order valence-electron chi connectivity index (χ3n) is 1.28. The zero-order valence-corrected chi connectivity index (χ0v) is 9.68. The molecular formula is C10H20OSi. The zero-order chi connectivity index (χ0) is 9.61. The van der Waals surface area contributed by atoms with Gasteiger partial charge in [-0.1, -0.05) is 18.7 Å². The van der Waals surface area contributed by atoms with Crippen LogP contribution in [0.15, 0.2) is 24.5 Å². The molecule has 0 saturated carbocycles. The molecule has 0 radical (unpaired) electrons. The van der Waals surface area contributed by atoms with Crippen LogP contribution < -0.4 is 0 Å². The highest BCUT2D eigenvalue weighted by atomic mass is 28.4. The van der Waals surface area contributed by atoms with E-state index in [2.05, 4.69) is 38.4 Å².